The zero-order chi connectivity index (χ0) is 34.6. The van der Waals surface area contributed by atoms with Gasteiger partial charge >= 0.3 is 16.9 Å². The van der Waals surface area contributed by atoms with Gasteiger partial charge in [-0.3, -0.25) is 13.9 Å². The van der Waals surface area contributed by atoms with Crippen molar-refractivity contribution in [1.82, 2.24) is 39.1 Å². The first-order valence-electron chi connectivity index (χ1n) is 15.6. The van der Waals surface area contributed by atoms with Gasteiger partial charge < -0.3 is 8.83 Å². The largest absolute Gasteiger partial charge is 0.423 e. The summed E-state index contributed by atoms with van der Waals surface area (Å²) in [6, 6.07) is 12.0. The van der Waals surface area contributed by atoms with Crippen LogP contribution in [0.3, 0.4) is 0 Å². The SMILES string of the molecule is Cc1cc(C)c2c(Cn3cc(Cn4c(C)cc(=O)n(Cc5cn(Cc6cc(=O)oc7cc(C)cc(C)c67)nn5)c4=O)nn3)cc(=O)oc2c1. The van der Waals surface area contributed by atoms with Crippen LogP contribution in [0.15, 0.2) is 82.9 Å². The Hall–Kier alpha value is -6.18. The van der Waals surface area contributed by atoms with Gasteiger partial charge in [0.25, 0.3) is 5.56 Å². The quantitative estimate of drug-likeness (QED) is 0.221. The molecule has 0 amide bonds. The third-order valence-corrected chi connectivity index (χ3v) is 8.50. The average Bonchev–Trinajstić information content (AvgIpc) is 3.65. The summed E-state index contributed by atoms with van der Waals surface area (Å²) in [4.78, 5) is 51.2. The van der Waals surface area contributed by atoms with Crippen molar-refractivity contribution in [3.63, 3.8) is 0 Å². The van der Waals surface area contributed by atoms with Crippen molar-refractivity contribution in [2.45, 2.75) is 60.8 Å². The van der Waals surface area contributed by atoms with Crippen molar-refractivity contribution in [2.24, 2.45) is 0 Å². The highest BCUT2D eigenvalue weighted by atomic mass is 16.4. The molecule has 14 heteroatoms. The van der Waals surface area contributed by atoms with Gasteiger partial charge in [-0.2, -0.15) is 0 Å². The van der Waals surface area contributed by atoms with Gasteiger partial charge in [0.15, 0.2) is 0 Å². The summed E-state index contributed by atoms with van der Waals surface area (Å²) in [6.07, 6.45) is 3.34. The number of aromatic nitrogens is 8. The summed E-state index contributed by atoms with van der Waals surface area (Å²) in [5.74, 6) is 0. The minimum Gasteiger partial charge on any atom is -0.423 e. The number of aryl methyl sites for hydroxylation is 5. The second kappa shape index (κ2) is 12.1. The van der Waals surface area contributed by atoms with Crippen LogP contribution >= 0.6 is 0 Å². The fourth-order valence-corrected chi connectivity index (χ4v) is 6.51. The molecular weight excluding hydrogens is 628 g/mol. The van der Waals surface area contributed by atoms with E-state index in [1.807, 2.05) is 52.0 Å². The molecule has 5 aromatic heterocycles. The summed E-state index contributed by atoms with van der Waals surface area (Å²) in [6.45, 7) is 9.93. The third kappa shape index (κ3) is 6.15. The monoisotopic (exact) mass is 660 g/mol. The van der Waals surface area contributed by atoms with E-state index in [1.165, 1.54) is 22.8 Å². The van der Waals surface area contributed by atoms with E-state index < -0.39 is 22.5 Å². The summed E-state index contributed by atoms with van der Waals surface area (Å²) in [5.41, 5.74) is 5.79. The van der Waals surface area contributed by atoms with Gasteiger partial charge in [0, 0.05) is 34.7 Å². The van der Waals surface area contributed by atoms with Crippen LogP contribution in [0.5, 0.6) is 0 Å². The van der Waals surface area contributed by atoms with Crippen LogP contribution in [0.1, 0.15) is 50.5 Å². The molecule has 0 saturated carbocycles. The maximum Gasteiger partial charge on any atom is 0.336 e. The zero-order valence-corrected chi connectivity index (χ0v) is 27.6. The number of fused-ring (bicyclic) bond motifs is 2. The topological polar surface area (TPSA) is 166 Å². The minimum absolute atomic E-state index is 0.0655. The fourth-order valence-electron chi connectivity index (χ4n) is 6.51. The molecule has 5 heterocycles. The fraction of sp³-hybridized carbons (Fsp3) is 0.257. The van der Waals surface area contributed by atoms with Gasteiger partial charge in [0.2, 0.25) is 0 Å². The highest BCUT2D eigenvalue weighted by Crippen LogP contribution is 2.25. The maximum atomic E-state index is 13.6. The number of nitrogens with zero attached hydrogens (tertiary/aromatic N) is 8. The number of hydrogen-bond acceptors (Lipinski definition) is 10. The van der Waals surface area contributed by atoms with Crippen molar-refractivity contribution in [2.75, 3.05) is 0 Å². The molecule has 0 atom stereocenters. The molecule has 0 bridgehead atoms. The van der Waals surface area contributed by atoms with E-state index in [2.05, 4.69) is 20.6 Å². The Labute approximate surface area is 277 Å². The van der Waals surface area contributed by atoms with Crippen LogP contribution in [-0.4, -0.2) is 39.1 Å². The molecule has 0 aliphatic heterocycles. The summed E-state index contributed by atoms with van der Waals surface area (Å²) >= 11 is 0. The van der Waals surface area contributed by atoms with E-state index in [0.29, 0.717) is 28.2 Å². The van der Waals surface area contributed by atoms with Gasteiger partial charge in [-0.15, -0.1) is 10.2 Å². The highest BCUT2D eigenvalue weighted by molar-refractivity contribution is 5.85. The Kier molecular flexibility index (Phi) is 7.77. The van der Waals surface area contributed by atoms with Crippen LogP contribution in [0.4, 0.5) is 0 Å². The molecule has 7 aromatic rings. The van der Waals surface area contributed by atoms with Crippen molar-refractivity contribution in [3.05, 3.63) is 147 Å². The van der Waals surface area contributed by atoms with Crippen molar-refractivity contribution < 1.29 is 8.83 Å². The smallest absolute Gasteiger partial charge is 0.336 e. The molecule has 7 rings (SSSR count). The first-order valence-corrected chi connectivity index (χ1v) is 15.6. The van der Waals surface area contributed by atoms with Crippen LogP contribution in [0.2, 0.25) is 0 Å². The van der Waals surface area contributed by atoms with E-state index in [0.717, 1.165) is 48.7 Å². The lowest BCUT2D eigenvalue weighted by Gasteiger charge is -2.11. The first-order chi connectivity index (χ1) is 23.4. The zero-order valence-electron chi connectivity index (χ0n) is 27.6. The molecule has 0 aliphatic carbocycles. The molecule has 2 aromatic carbocycles. The lowest BCUT2D eigenvalue weighted by atomic mass is 10.0. The van der Waals surface area contributed by atoms with Gasteiger partial charge in [-0.1, -0.05) is 22.6 Å². The van der Waals surface area contributed by atoms with Gasteiger partial charge in [0.1, 0.15) is 22.6 Å². The lowest BCUT2D eigenvalue weighted by molar-refractivity contribution is 0.554. The predicted molar refractivity (Wildman–Crippen MR) is 180 cm³/mol. The van der Waals surface area contributed by atoms with Crippen molar-refractivity contribution in [1.29, 1.82) is 0 Å². The normalized spacial score (nSPS) is 11.6. The van der Waals surface area contributed by atoms with Gasteiger partial charge in [0.05, 0.1) is 38.6 Å². The van der Waals surface area contributed by atoms with Crippen LogP contribution < -0.4 is 22.5 Å². The Bertz CT molecular complexity index is 2670. The molecule has 0 N–H and O–H groups in total. The molecule has 0 unspecified atom stereocenters. The standard InChI is InChI=1S/C35H32N8O6/c1-19-6-21(3)33-24(11-31(45)48-28(33)8-19)13-40-15-26(36-38-40)17-42-23(5)10-30(44)43(35(42)47)18-27-16-41(39-37-27)14-25-12-32(46)49-29-9-20(2)7-22(4)34(25)29/h6-12,15-16H,13-14,17-18H2,1-5H3. The molecule has 0 aliphatic rings. The van der Waals surface area contributed by atoms with Gasteiger partial charge in [-0.05, 0) is 80.1 Å². The van der Waals surface area contributed by atoms with E-state index in [4.69, 9.17) is 8.83 Å². The molecule has 49 heavy (non-hydrogen) atoms. The molecule has 0 radical (unpaired) electrons. The molecular formula is C35H32N8O6. The van der Waals surface area contributed by atoms with E-state index in [1.54, 1.807) is 28.7 Å². The summed E-state index contributed by atoms with van der Waals surface area (Å²) in [5, 5.41) is 18.5. The highest BCUT2D eigenvalue weighted by Gasteiger charge is 2.16. The third-order valence-electron chi connectivity index (χ3n) is 8.50. The van der Waals surface area contributed by atoms with Crippen LogP contribution in [0, 0.1) is 34.6 Å². The van der Waals surface area contributed by atoms with Crippen LogP contribution in [0.25, 0.3) is 21.9 Å². The van der Waals surface area contributed by atoms with E-state index in [-0.39, 0.29) is 26.2 Å². The molecule has 14 nitrogen and oxygen atoms in total. The van der Waals surface area contributed by atoms with Crippen molar-refractivity contribution in [3.8, 4) is 0 Å². The summed E-state index contributed by atoms with van der Waals surface area (Å²) < 4.78 is 16.6. The number of hydrogen-bond donors (Lipinski definition) is 0. The van der Waals surface area contributed by atoms with Crippen LogP contribution in [-0.2, 0) is 26.2 Å². The van der Waals surface area contributed by atoms with E-state index in [9.17, 15) is 19.2 Å². The van der Waals surface area contributed by atoms with E-state index >= 15 is 0 Å². The average molecular weight is 661 g/mol. The molecule has 0 spiro atoms. The first kappa shape index (κ1) is 31.4. The minimum atomic E-state index is -0.538. The number of rotatable bonds is 8. The molecule has 248 valence electrons. The maximum absolute atomic E-state index is 13.6. The Morgan fingerprint density at radius 3 is 1.53 bits per heavy atom. The second-order valence-electron chi connectivity index (χ2n) is 12.5. The van der Waals surface area contributed by atoms with Crippen molar-refractivity contribution >= 4 is 21.9 Å². The molecule has 0 fully saturated rings. The Balaban J connectivity index is 1.13. The lowest BCUT2D eigenvalue weighted by Crippen LogP contribution is -2.41. The number of benzene rings is 2. The molecule has 0 saturated heterocycles. The van der Waals surface area contributed by atoms with Gasteiger partial charge in [-0.25, -0.2) is 23.7 Å². The Morgan fingerprint density at radius 2 is 1.04 bits per heavy atom. The second-order valence-corrected chi connectivity index (χ2v) is 12.5. The predicted octanol–water partition coefficient (Wildman–Crippen LogP) is 3.14. The summed E-state index contributed by atoms with van der Waals surface area (Å²) in [7, 11) is 0. The Morgan fingerprint density at radius 1 is 0.571 bits per heavy atom.